The lowest BCUT2D eigenvalue weighted by atomic mass is 10.1. The number of hydrogen-bond acceptors (Lipinski definition) is 6. The third-order valence-electron chi connectivity index (χ3n) is 3.45. The average molecular weight is 397 g/mol. The van der Waals surface area contributed by atoms with Crippen molar-refractivity contribution in [2.24, 2.45) is 0 Å². The number of aromatic nitrogens is 3. The first kappa shape index (κ1) is 16.1. The molecule has 5 nitrogen and oxygen atoms in total. The summed E-state index contributed by atoms with van der Waals surface area (Å²) in [7, 11) is 0. The summed E-state index contributed by atoms with van der Waals surface area (Å²) in [5.41, 5.74) is 2.26. The van der Waals surface area contributed by atoms with Crippen molar-refractivity contribution in [3.8, 4) is 10.6 Å². The fourth-order valence-corrected chi connectivity index (χ4v) is 3.63. The number of aryl methyl sites for hydroxylation is 2. The Hall–Kier alpha value is -1.80. The molecule has 0 saturated heterocycles. The highest BCUT2D eigenvalue weighted by molar-refractivity contribution is 9.10. The van der Waals surface area contributed by atoms with Gasteiger partial charge >= 0.3 is 0 Å². The highest BCUT2D eigenvalue weighted by Crippen LogP contribution is 2.32. The molecule has 0 amide bonds. The summed E-state index contributed by atoms with van der Waals surface area (Å²) < 4.78 is 19.9. The lowest BCUT2D eigenvalue weighted by molar-refractivity contribution is 0.392. The van der Waals surface area contributed by atoms with E-state index in [4.69, 9.17) is 4.52 Å². The van der Waals surface area contributed by atoms with Gasteiger partial charge in [-0.1, -0.05) is 32.4 Å². The van der Waals surface area contributed by atoms with Crippen LogP contribution in [0.4, 0.5) is 9.52 Å². The molecule has 1 N–H and O–H groups in total. The average Bonchev–Trinajstić information content (AvgIpc) is 3.08. The maximum atomic E-state index is 13.9. The third kappa shape index (κ3) is 3.28. The minimum Gasteiger partial charge on any atom is -0.361 e. The number of nitrogens with zero attached hydrogens (tertiary/aromatic N) is 3. The molecule has 2 aromatic heterocycles. The van der Waals surface area contributed by atoms with E-state index < -0.39 is 0 Å². The van der Waals surface area contributed by atoms with E-state index in [0.29, 0.717) is 15.7 Å². The van der Waals surface area contributed by atoms with Crippen LogP contribution in [0, 0.1) is 19.7 Å². The Balaban J connectivity index is 1.84. The summed E-state index contributed by atoms with van der Waals surface area (Å²) in [5.74, 6) is 0.444. The Morgan fingerprint density at radius 3 is 2.78 bits per heavy atom. The van der Waals surface area contributed by atoms with Gasteiger partial charge in [0.25, 0.3) is 0 Å². The first-order chi connectivity index (χ1) is 11.0. The molecule has 23 heavy (non-hydrogen) atoms. The Bertz CT molecular complexity index is 828. The van der Waals surface area contributed by atoms with Crippen molar-refractivity contribution in [2.75, 3.05) is 5.32 Å². The summed E-state index contributed by atoms with van der Waals surface area (Å²) in [6.45, 7) is 5.76. The normalized spacial score (nSPS) is 12.4. The Morgan fingerprint density at radius 1 is 1.30 bits per heavy atom. The topological polar surface area (TPSA) is 63.8 Å². The second kappa shape index (κ2) is 6.37. The number of benzene rings is 1. The highest BCUT2D eigenvalue weighted by atomic mass is 79.9. The molecule has 2 heterocycles. The molecule has 120 valence electrons. The van der Waals surface area contributed by atoms with E-state index >= 15 is 0 Å². The van der Waals surface area contributed by atoms with Gasteiger partial charge in [0.05, 0.1) is 11.7 Å². The van der Waals surface area contributed by atoms with E-state index in [2.05, 4.69) is 36.6 Å². The lowest BCUT2D eigenvalue weighted by Gasteiger charge is -2.11. The molecule has 0 aliphatic rings. The number of halogens is 2. The first-order valence-corrected chi connectivity index (χ1v) is 8.55. The van der Waals surface area contributed by atoms with E-state index in [0.717, 1.165) is 21.5 Å². The predicted octanol–water partition coefficient (Wildman–Crippen LogP) is 4.88. The molecule has 0 fully saturated rings. The smallest absolute Gasteiger partial charge is 0.206 e. The van der Waals surface area contributed by atoms with Gasteiger partial charge in [0.1, 0.15) is 11.6 Å². The minimum atomic E-state index is -0.324. The van der Waals surface area contributed by atoms with E-state index in [9.17, 15) is 4.39 Å². The molecule has 3 rings (SSSR count). The van der Waals surface area contributed by atoms with Gasteiger partial charge in [-0.05, 0) is 39.0 Å². The zero-order chi connectivity index (χ0) is 16.6. The number of anilines is 1. The van der Waals surface area contributed by atoms with Crippen LogP contribution in [0.3, 0.4) is 0 Å². The van der Waals surface area contributed by atoms with Crippen molar-refractivity contribution >= 4 is 32.4 Å². The molecule has 1 unspecified atom stereocenters. The standard InChI is InChI=1S/C15H14BrFN4OS/c1-7(13-8(2)21-22-9(13)3)18-15-20-19-14(23-15)11-6-10(16)4-5-12(11)17/h4-7H,1-3H3,(H,18,20). The van der Waals surface area contributed by atoms with Crippen molar-refractivity contribution in [3.63, 3.8) is 0 Å². The van der Waals surface area contributed by atoms with Crippen molar-refractivity contribution in [2.45, 2.75) is 26.8 Å². The Labute approximate surface area is 145 Å². The largest absolute Gasteiger partial charge is 0.361 e. The fraction of sp³-hybridized carbons (Fsp3) is 0.267. The van der Waals surface area contributed by atoms with Crippen molar-refractivity contribution in [1.82, 2.24) is 15.4 Å². The van der Waals surface area contributed by atoms with Gasteiger partial charge < -0.3 is 9.84 Å². The first-order valence-electron chi connectivity index (χ1n) is 6.94. The fourth-order valence-electron chi connectivity index (χ4n) is 2.42. The van der Waals surface area contributed by atoms with Crippen molar-refractivity contribution in [1.29, 1.82) is 0 Å². The number of hydrogen-bond donors (Lipinski definition) is 1. The van der Waals surface area contributed by atoms with Crippen LogP contribution in [-0.4, -0.2) is 15.4 Å². The Morgan fingerprint density at radius 2 is 2.09 bits per heavy atom. The van der Waals surface area contributed by atoms with Crippen LogP contribution in [0.2, 0.25) is 0 Å². The second-order valence-electron chi connectivity index (χ2n) is 5.14. The van der Waals surface area contributed by atoms with Crippen LogP contribution in [0.1, 0.15) is 30.0 Å². The lowest BCUT2D eigenvalue weighted by Crippen LogP contribution is -2.08. The van der Waals surface area contributed by atoms with Crippen LogP contribution in [-0.2, 0) is 0 Å². The molecule has 0 aliphatic heterocycles. The highest BCUT2D eigenvalue weighted by Gasteiger charge is 2.18. The molecule has 0 aliphatic carbocycles. The summed E-state index contributed by atoms with van der Waals surface area (Å²) in [6.07, 6.45) is 0. The van der Waals surface area contributed by atoms with E-state index in [1.807, 2.05) is 20.8 Å². The molecular weight excluding hydrogens is 383 g/mol. The molecular formula is C15H14BrFN4OS. The quantitative estimate of drug-likeness (QED) is 0.680. The zero-order valence-electron chi connectivity index (χ0n) is 12.7. The van der Waals surface area contributed by atoms with Gasteiger partial charge in [0, 0.05) is 15.6 Å². The molecule has 0 radical (unpaired) electrons. The minimum absolute atomic E-state index is 0.0330. The van der Waals surface area contributed by atoms with Gasteiger partial charge in [-0.3, -0.25) is 0 Å². The van der Waals surface area contributed by atoms with Crippen LogP contribution >= 0.6 is 27.3 Å². The van der Waals surface area contributed by atoms with Gasteiger partial charge in [-0.2, -0.15) is 0 Å². The zero-order valence-corrected chi connectivity index (χ0v) is 15.1. The number of nitrogens with one attached hydrogen (secondary N) is 1. The maximum absolute atomic E-state index is 13.9. The molecule has 0 spiro atoms. The molecule has 0 saturated carbocycles. The van der Waals surface area contributed by atoms with E-state index in [1.165, 1.54) is 17.4 Å². The summed E-state index contributed by atoms with van der Waals surface area (Å²) in [6, 6.07) is 4.71. The number of rotatable bonds is 4. The van der Waals surface area contributed by atoms with Crippen LogP contribution in [0.5, 0.6) is 0 Å². The van der Waals surface area contributed by atoms with Gasteiger partial charge in [0.2, 0.25) is 5.13 Å². The molecule has 1 aromatic carbocycles. The van der Waals surface area contributed by atoms with E-state index in [1.54, 1.807) is 12.1 Å². The molecule has 1 atom stereocenters. The SMILES string of the molecule is Cc1noc(C)c1C(C)Nc1nnc(-c2cc(Br)ccc2F)s1. The van der Waals surface area contributed by atoms with Crippen molar-refractivity contribution < 1.29 is 8.91 Å². The van der Waals surface area contributed by atoms with Gasteiger partial charge in [-0.25, -0.2) is 4.39 Å². The van der Waals surface area contributed by atoms with Crippen LogP contribution in [0.15, 0.2) is 27.2 Å². The van der Waals surface area contributed by atoms with Crippen LogP contribution in [0.25, 0.3) is 10.6 Å². The maximum Gasteiger partial charge on any atom is 0.206 e. The molecule has 8 heteroatoms. The predicted molar refractivity (Wildman–Crippen MR) is 91.0 cm³/mol. The third-order valence-corrected chi connectivity index (χ3v) is 4.83. The van der Waals surface area contributed by atoms with Crippen LogP contribution < -0.4 is 5.32 Å². The summed E-state index contributed by atoms with van der Waals surface area (Å²) >= 11 is 4.64. The summed E-state index contributed by atoms with van der Waals surface area (Å²) in [5, 5.41) is 16.5. The van der Waals surface area contributed by atoms with Gasteiger partial charge in [-0.15, -0.1) is 10.2 Å². The molecule has 0 bridgehead atoms. The van der Waals surface area contributed by atoms with Crippen molar-refractivity contribution in [3.05, 3.63) is 45.5 Å². The van der Waals surface area contributed by atoms with Gasteiger partial charge in [0.15, 0.2) is 5.01 Å². The second-order valence-corrected chi connectivity index (χ2v) is 7.03. The Kier molecular flexibility index (Phi) is 4.45. The monoisotopic (exact) mass is 396 g/mol. The molecule has 3 aromatic rings. The van der Waals surface area contributed by atoms with E-state index in [-0.39, 0.29) is 11.9 Å². The summed E-state index contributed by atoms with van der Waals surface area (Å²) in [4.78, 5) is 0.